The van der Waals surface area contributed by atoms with Crippen LogP contribution in [0.15, 0.2) is 17.0 Å². The molecule has 0 atom stereocenters. The number of carbonyl (C=O) groups is 1. The second-order valence-corrected chi connectivity index (χ2v) is 11.2. The van der Waals surface area contributed by atoms with Crippen LogP contribution in [0, 0.1) is 5.41 Å². The van der Waals surface area contributed by atoms with Crippen LogP contribution in [0.5, 0.6) is 0 Å². The van der Waals surface area contributed by atoms with Gasteiger partial charge in [0.1, 0.15) is 0 Å². The second kappa shape index (κ2) is 8.65. The summed E-state index contributed by atoms with van der Waals surface area (Å²) < 4.78 is 34.3. The number of sulfonamides is 1. The topological polar surface area (TPSA) is 91.5 Å². The summed E-state index contributed by atoms with van der Waals surface area (Å²) in [6.45, 7) is 10.7. The van der Waals surface area contributed by atoms with E-state index in [0.29, 0.717) is 24.3 Å². The highest BCUT2D eigenvalue weighted by molar-refractivity contribution is 7.89. The smallest absolute Gasteiger partial charge is 0.240 e. The van der Waals surface area contributed by atoms with E-state index in [1.54, 1.807) is 6.07 Å². The average Bonchev–Trinajstić information content (AvgIpc) is 3.07. The second-order valence-electron chi connectivity index (χ2n) is 9.48. The largest absolute Gasteiger partial charge is 0.379 e. The van der Waals surface area contributed by atoms with Crippen LogP contribution >= 0.6 is 0 Å². The summed E-state index contributed by atoms with van der Waals surface area (Å²) in [6.07, 6.45) is 2.63. The highest BCUT2D eigenvalue weighted by Gasteiger charge is 2.34. The van der Waals surface area contributed by atoms with Crippen LogP contribution in [-0.2, 0) is 27.6 Å². The molecule has 1 aliphatic heterocycles. The molecule has 2 N–H and O–H groups in total. The minimum atomic E-state index is -3.63. The van der Waals surface area contributed by atoms with E-state index in [4.69, 9.17) is 4.74 Å². The van der Waals surface area contributed by atoms with E-state index < -0.39 is 10.0 Å². The number of fused-ring (bicyclic) bond motifs is 3. The Morgan fingerprint density at radius 2 is 1.94 bits per heavy atom. The van der Waals surface area contributed by atoms with Crippen LogP contribution in [0.2, 0.25) is 0 Å². The fraction of sp³-hybridized carbons (Fsp3) is 0.609. The van der Waals surface area contributed by atoms with E-state index in [1.165, 1.54) is 0 Å². The number of carbonyl (C=O) groups excluding carboxylic acids is 1. The number of morpholine rings is 1. The summed E-state index contributed by atoms with van der Waals surface area (Å²) in [5, 5.41) is 0.846. The molecule has 0 unspecified atom stereocenters. The Morgan fingerprint density at radius 3 is 2.65 bits per heavy atom. The lowest BCUT2D eigenvalue weighted by molar-refractivity contribution is 0.0376. The number of nitrogens with zero attached hydrogens (tertiary/aromatic N) is 1. The monoisotopic (exact) mass is 447 g/mol. The number of aromatic nitrogens is 1. The lowest BCUT2D eigenvalue weighted by Crippen LogP contribution is -2.38. The Morgan fingerprint density at radius 1 is 1.19 bits per heavy atom. The summed E-state index contributed by atoms with van der Waals surface area (Å²) in [6, 6.07) is 3.60. The van der Waals surface area contributed by atoms with Gasteiger partial charge in [-0.2, -0.15) is 0 Å². The van der Waals surface area contributed by atoms with E-state index in [2.05, 4.69) is 28.5 Å². The summed E-state index contributed by atoms with van der Waals surface area (Å²) >= 11 is 0. The molecule has 0 bridgehead atoms. The molecule has 1 aliphatic carbocycles. The number of aryl methyl sites for hydroxylation is 1. The number of rotatable bonds is 7. The predicted molar refractivity (Wildman–Crippen MR) is 121 cm³/mol. The molecule has 31 heavy (non-hydrogen) atoms. The maximum absolute atomic E-state index is 13.1. The van der Waals surface area contributed by atoms with Crippen LogP contribution in [0.1, 0.15) is 55.2 Å². The number of H-pyrrole nitrogens is 1. The molecule has 1 aromatic heterocycles. The average molecular weight is 448 g/mol. The van der Waals surface area contributed by atoms with Gasteiger partial charge in [-0.25, -0.2) is 13.1 Å². The summed E-state index contributed by atoms with van der Waals surface area (Å²) in [4.78, 5) is 18.7. The minimum Gasteiger partial charge on any atom is -0.379 e. The molecule has 7 nitrogen and oxygen atoms in total. The molecular formula is C23H33N3O4S. The highest BCUT2D eigenvalue weighted by Crippen LogP contribution is 2.39. The number of ether oxygens (including phenoxy) is 1. The maximum atomic E-state index is 13.1. The van der Waals surface area contributed by atoms with Crippen molar-refractivity contribution in [3.8, 4) is 0 Å². The van der Waals surface area contributed by atoms with E-state index in [-0.39, 0.29) is 11.2 Å². The van der Waals surface area contributed by atoms with E-state index in [1.807, 2.05) is 13.0 Å². The van der Waals surface area contributed by atoms with Gasteiger partial charge in [-0.15, -0.1) is 0 Å². The van der Waals surface area contributed by atoms with Crippen molar-refractivity contribution in [1.82, 2.24) is 14.6 Å². The molecule has 2 heterocycles. The van der Waals surface area contributed by atoms with Gasteiger partial charge in [0, 0.05) is 48.2 Å². The number of aromatic amines is 1. The number of nitrogens with one attached hydrogen (secondary N) is 2. The third-order valence-electron chi connectivity index (χ3n) is 6.35. The van der Waals surface area contributed by atoms with E-state index in [0.717, 1.165) is 73.4 Å². The fourth-order valence-electron chi connectivity index (χ4n) is 4.78. The van der Waals surface area contributed by atoms with Crippen molar-refractivity contribution in [3.05, 3.63) is 29.0 Å². The first kappa shape index (κ1) is 22.5. The third-order valence-corrected chi connectivity index (χ3v) is 7.89. The number of hydrogen-bond acceptors (Lipinski definition) is 5. The van der Waals surface area contributed by atoms with Gasteiger partial charge in [-0.1, -0.05) is 20.8 Å². The third kappa shape index (κ3) is 4.72. The lowest BCUT2D eigenvalue weighted by atomic mass is 9.76. The molecule has 1 saturated heterocycles. The Hall–Kier alpha value is -1.74. The molecule has 0 radical (unpaired) electrons. The zero-order valence-electron chi connectivity index (χ0n) is 18.7. The van der Waals surface area contributed by atoms with Crippen molar-refractivity contribution in [2.45, 2.75) is 51.3 Å². The van der Waals surface area contributed by atoms with Crippen LogP contribution < -0.4 is 4.72 Å². The SMILES string of the molecule is CCc1cc2c3c([nH]c2cc1S(=O)(=O)NCCCN1CCOCC1)CC(C)(C)CC3=O. The lowest BCUT2D eigenvalue weighted by Gasteiger charge is -2.28. The molecule has 2 aromatic rings. The van der Waals surface area contributed by atoms with Crippen LogP contribution in [0.4, 0.5) is 0 Å². The van der Waals surface area contributed by atoms with Gasteiger partial charge in [0.05, 0.1) is 18.1 Å². The van der Waals surface area contributed by atoms with Crippen molar-refractivity contribution >= 4 is 26.7 Å². The van der Waals surface area contributed by atoms with E-state index in [9.17, 15) is 13.2 Å². The normalized spacial score (nSPS) is 19.6. The molecule has 1 fully saturated rings. The number of ketones is 1. The summed E-state index contributed by atoms with van der Waals surface area (Å²) in [5.74, 6) is 0.136. The first-order valence-electron chi connectivity index (χ1n) is 11.2. The standard InChI is InChI=1S/C23H33N3O4S/c1-4-16-12-17-18(25-19-14-23(2,3)15-20(27)22(17)19)13-21(16)31(28,29)24-6-5-7-26-8-10-30-11-9-26/h12-13,24-25H,4-11,14-15H2,1-3H3. The molecule has 0 spiro atoms. The van der Waals surface area contributed by atoms with Crippen LogP contribution in [-0.4, -0.2) is 63.5 Å². The Labute approximate surface area is 184 Å². The first-order valence-corrected chi connectivity index (χ1v) is 12.7. The Balaban J connectivity index is 1.55. The summed E-state index contributed by atoms with van der Waals surface area (Å²) in [7, 11) is -3.63. The van der Waals surface area contributed by atoms with Crippen molar-refractivity contribution in [2.24, 2.45) is 5.41 Å². The quantitative estimate of drug-likeness (QED) is 0.637. The number of benzene rings is 1. The van der Waals surface area contributed by atoms with Crippen molar-refractivity contribution in [3.63, 3.8) is 0 Å². The fourth-order valence-corrected chi connectivity index (χ4v) is 6.17. The zero-order chi connectivity index (χ0) is 22.2. The Kier molecular flexibility index (Phi) is 6.27. The van der Waals surface area contributed by atoms with Gasteiger partial charge >= 0.3 is 0 Å². The van der Waals surface area contributed by atoms with Gasteiger partial charge in [-0.3, -0.25) is 9.69 Å². The predicted octanol–water partition coefficient (Wildman–Crippen LogP) is 2.89. The molecule has 1 aromatic carbocycles. The molecule has 4 rings (SSSR count). The molecule has 170 valence electrons. The maximum Gasteiger partial charge on any atom is 0.240 e. The molecule has 2 aliphatic rings. The van der Waals surface area contributed by atoms with Gasteiger partial charge in [-0.05, 0) is 48.9 Å². The van der Waals surface area contributed by atoms with Crippen LogP contribution in [0.3, 0.4) is 0 Å². The minimum absolute atomic E-state index is 0.0878. The van der Waals surface area contributed by atoms with Crippen molar-refractivity contribution in [2.75, 3.05) is 39.4 Å². The molecular weight excluding hydrogens is 414 g/mol. The van der Waals surface area contributed by atoms with Crippen molar-refractivity contribution < 1.29 is 17.9 Å². The summed E-state index contributed by atoms with van der Waals surface area (Å²) in [5.41, 5.74) is 3.04. The first-order chi connectivity index (χ1) is 14.7. The molecule has 0 saturated carbocycles. The molecule has 8 heteroatoms. The van der Waals surface area contributed by atoms with Crippen LogP contribution in [0.25, 0.3) is 10.9 Å². The number of Topliss-reactive ketones (excluding diaryl/α,β-unsaturated/α-hetero) is 1. The van der Waals surface area contributed by atoms with Gasteiger partial charge in [0.2, 0.25) is 10.0 Å². The van der Waals surface area contributed by atoms with Gasteiger partial charge in [0.25, 0.3) is 0 Å². The van der Waals surface area contributed by atoms with Crippen molar-refractivity contribution in [1.29, 1.82) is 0 Å². The Bertz CT molecular complexity index is 1080. The number of hydrogen-bond donors (Lipinski definition) is 2. The van der Waals surface area contributed by atoms with Gasteiger partial charge < -0.3 is 9.72 Å². The van der Waals surface area contributed by atoms with Gasteiger partial charge in [0.15, 0.2) is 5.78 Å². The highest BCUT2D eigenvalue weighted by atomic mass is 32.2. The molecule has 0 amide bonds. The van der Waals surface area contributed by atoms with E-state index >= 15 is 0 Å². The zero-order valence-corrected chi connectivity index (χ0v) is 19.5.